The molecule has 0 aromatic heterocycles. The van der Waals surface area contributed by atoms with E-state index in [-0.39, 0.29) is 5.60 Å². The monoisotopic (exact) mass is 212 g/mol. The lowest BCUT2D eigenvalue weighted by atomic mass is 9.98. The maximum atomic E-state index is 5.75. The van der Waals surface area contributed by atoms with Crippen LogP contribution < -0.4 is 5.32 Å². The predicted octanol–water partition coefficient (Wildman–Crippen LogP) is 1.24. The molecule has 2 saturated heterocycles. The van der Waals surface area contributed by atoms with E-state index in [2.05, 4.69) is 31.0 Å². The minimum atomic E-state index is 0.0430. The number of rotatable bonds is 1. The molecule has 2 unspecified atom stereocenters. The third kappa shape index (κ3) is 2.92. The van der Waals surface area contributed by atoms with Gasteiger partial charge in [0.1, 0.15) is 0 Å². The fourth-order valence-corrected chi connectivity index (χ4v) is 2.66. The molecule has 0 aromatic rings. The van der Waals surface area contributed by atoms with Crippen molar-refractivity contribution in [3.8, 4) is 0 Å². The summed E-state index contributed by atoms with van der Waals surface area (Å²) in [5.41, 5.74) is 0.0430. The van der Waals surface area contributed by atoms with Gasteiger partial charge in [0.2, 0.25) is 0 Å². The molecule has 0 radical (unpaired) electrons. The van der Waals surface area contributed by atoms with Crippen molar-refractivity contribution in [1.29, 1.82) is 0 Å². The van der Waals surface area contributed by atoms with Gasteiger partial charge in [-0.15, -0.1) is 0 Å². The van der Waals surface area contributed by atoms with Crippen molar-refractivity contribution in [1.82, 2.24) is 10.2 Å². The molecule has 0 spiro atoms. The van der Waals surface area contributed by atoms with E-state index in [1.54, 1.807) is 0 Å². The molecular weight excluding hydrogens is 188 g/mol. The van der Waals surface area contributed by atoms with Crippen LogP contribution in [0.4, 0.5) is 0 Å². The van der Waals surface area contributed by atoms with Crippen LogP contribution in [0.2, 0.25) is 0 Å². The van der Waals surface area contributed by atoms with E-state index in [0.717, 1.165) is 32.3 Å². The lowest BCUT2D eigenvalue weighted by molar-refractivity contribution is -0.0993. The van der Waals surface area contributed by atoms with Crippen LogP contribution in [0.5, 0.6) is 0 Å². The van der Waals surface area contributed by atoms with Gasteiger partial charge in [0.25, 0.3) is 0 Å². The number of hydrogen-bond acceptors (Lipinski definition) is 3. The Morgan fingerprint density at radius 2 is 2.13 bits per heavy atom. The summed E-state index contributed by atoms with van der Waals surface area (Å²) in [6.45, 7) is 10.9. The minimum Gasteiger partial charge on any atom is -0.373 e. The highest BCUT2D eigenvalue weighted by atomic mass is 16.5. The van der Waals surface area contributed by atoms with Crippen LogP contribution in [0.1, 0.15) is 33.6 Å². The largest absolute Gasteiger partial charge is 0.373 e. The summed E-state index contributed by atoms with van der Waals surface area (Å²) in [5, 5.41) is 3.57. The Morgan fingerprint density at radius 3 is 2.73 bits per heavy atom. The average molecular weight is 212 g/mol. The Kier molecular flexibility index (Phi) is 3.33. The van der Waals surface area contributed by atoms with Gasteiger partial charge in [-0.3, -0.25) is 4.90 Å². The molecule has 3 nitrogen and oxygen atoms in total. The lowest BCUT2D eigenvalue weighted by Crippen LogP contribution is -2.56. The van der Waals surface area contributed by atoms with Crippen molar-refractivity contribution < 1.29 is 4.74 Å². The maximum Gasteiger partial charge on any atom is 0.0753 e. The fourth-order valence-electron chi connectivity index (χ4n) is 2.66. The Hall–Kier alpha value is -0.120. The van der Waals surface area contributed by atoms with Crippen molar-refractivity contribution in [3.05, 3.63) is 0 Å². The zero-order valence-electron chi connectivity index (χ0n) is 10.3. The van der Waals surface area contributed by atoms with E-state index in [0.29, 0.717) is 6.04 Å². The number of piperidine rings is 1. The van der Waals surface area contributed by atoms with Crippen LogP contribution >= 0.6 is 0 Å². The molecule has 1 N–H and O–H groups in total. The minimum absolute atomic E-state index is 0.0430. The van der Waals surface area contributed by atoms with Crippen molar-refractivity contribution in [3.63, 3.8) is 0 Å². The number of ether oxygens (including phenoxy) is 1. The van der Waals surface area contributed by atoms with Crippen LogP contribution in [0.25, 0.3) is 0 Å². The molecule has 0 aromatic carbocycles. The summed E-state index contributed by atoms with van der Waals surface area (Å²) < 4.78 is 5.75. The second-order valence-electron chi connectivity index (χ2n) is 5.62. The SMILES string of the molecule is CC1CCC(N2CCOC(C)(C)C2)CN1. The lowest BCUT2D eigenvalue weighted by Gasteiger charge is -2.44. The number of nitrogens with zero attached hydrogens (tertiary/aromatic N) is 1. The number of morpholine rings is 1. The van der Waals surface area contributed by atoms with E-state index < -0.39 is 0 Å². The van der Waals surface area contributed by atoms with Crippen LogP contribution in [-0.2, 0) is 4.74 Å². The van der Waals surface area contributed by atoms with E-state index in [1.165, 1.54) is 12.8 Å². The Labute approximate surface area is 93.2 Å². The van der Waals surface area contributed by atoms with Gasteiger partial charge in [0, 0.05) is 31.7 Å². The second-order valence-corrected chi connectivity index (χ2v) is 5.62. The van der Waals surface area contributed by atoms with Crippen LogP contribution in [0.3, 0.4) is 0 Å². The molecule has 0 aliphatic carbocycles. The van der Waals surface area contributed by atoms with Gasteiger partial charge in [-0.25, -0.2) is 0 Å². The van der Waals surface area contributed by atoms with E-state index in [9.17, 15) is 0 Å². The third-order valence-electron chi connectivity index (χ3n) is 3.61. The first-order valence-corrected chi connectivity index (χ1v) is 6.18. The van der Waals surface area contributed by atoms with Gasteiger partial charge in [-0.1, -0.05) is 0 Å². The molecule has 15 heavy (non-hydrogen) atoms. The zero-order valence-corrected chi connectivity index (χ0v) is 10.3. The third-order valence-corrected chi connectivity index (χ3v) is 3.61. The standard InChI is InChI=1S/C12H24N2O/c1-10-4-5-11(8-13-10)14-6-7-15-12(2,3)9-14/h10-11,13H,4-9H2,1-3H3. The molecule has 2 heterocycles. The van der Waals surface area contributed by atoms with Gasteiger partial charge in [-0.2, -0.15) is 0 Å². The molecule has 2 rings (SSSR count). The maximum absolute atomic E-state index is 5.75. The first kappa shape index (κ1) is 11.4. The Balaban J connectivity index is 1.88. The van der Waals surface area contributed by atoms with Gasteiger partial charge >= 0.3 is 0 Å². The van der Waals surface area contributed by atoms with Crippen molar-refractivity contribution in [2.45, 2.75) is 51.3 Å². The quantitative estimate of drug-likeness (QED) is 0.708. The number of hydrogen-bond donors (Lipinski definition) is 1. The topological polar surface area (TPSA) is 24.5 Å². The summed E-state index contributed by atoms with van der Waals surface area (Å²) in [5.74, 6) is 0. The molecule has 88 valence electrons. The summed E-state index contributed by atoms with van der Waals surface area (Å²) in [6.07, 6.45) is 2.65. The average Bonchev–Trinajstić information content (AvgIpc) is 2.17. The second kappa shape index (κ2) is 4.40. The van der Waals surface area contributed by atoms with Gasteiger partial charge in [-0.05, 0) is 33.6 Å². The molecule has 0 amide bonds. The summed E-state index contributed by atoms with van der Waals surface area (Å²) >= 11 is 0. The van der Waals surface area contributed by atoms with Crippen molar-refractivity contribution >= 4 is 0 Å². The first-order chi connectivity index (χ1) is 7.07. The normalized spacial score (nSPS) is 37.8. The van der Waals surface area contributed by atoms with Crippen LogP contribution in [-0.4, -0.2) is 48.8 Å². The fraction of sp³-hybridized carbons (Fsp3) is 1.00. The molecule has 2 atom stereocenters. The van der Waals surface area contributed by atoms with E-state index in [1.807, 2.05) is 0 Å². The van der Waals surface area contributed by atoms with Crippen LogP contribution in [0, 0.1) is 0 Å². The molecular formula is C12H24N2O. The van der Waals surface area contributed by atoms with Crippen molar-refractivity contribution in [2.75, 3.05) is 26.2 Å². The van der Waals surface area contributed by atoms with Gasteiger partial charge < -0.3 is 10.1 Å². The summed E-state index contributed by atoms with van der Waals surface area (Å²) in [6, 6.07) is 1.43. The highest BCUT2D eigenvalue weighted by Gasteiger charge is 2.32. The highest BCUT2D eigenvalue weighted by Crippen LogP contribution is 2.21. The first-order valence-electron chi connectivity index (χ1n) is 6.18. The van der Waals surface area contributed by atoms with E-state index >= 15 is 0 Å². The van der Waals surface area contributed by atoms with Gasteiger partial charge in [0.05, 0.1) is 12.2 Å². The van der Waals surface area contributed by atoms with Crippen LogP contribution in [0.15, 0.2) is 0 Å². The highest BCUT2D eigenvalue weighted by molar-refractivity contribution is 4.87. The molecule has 0 saturated carbocycles. The molecule has 3 heteroatoms. The van der Waals surface area contributed by atoms with E-state index in [4.69, 9.17) is 4.74 Å². The van der Waals surface area contributed by atoms with Crippen molar-refractivity contribution in [2.24, 2.45) is 0 Å². The summed E-state index contributed by atoms with van der Waals surface area (Å²) in [4.78, 5) is 2.60. The predicted molar refractivity (Wildman–Crippen MR) is 62.1 cm³/mol. The smallest absolute Gasteiger partial charge is 0.0753 e. The Morgan fingerprint density at radius 1 is 1.33 bits per heavy atom. The zero-order chi connectivity index (χ0) is 10.9. The Bertz CT molecular complexity index is 210. The molecule has 0 bridgehead atoms. The van der Waals surface area contributed by atoms with Gasteiger partial charge in [0.15, 0.2) is 0 Å². The molecule has 2 fully saturated rings. The summed E-state index contributed by atoms with van der Waals surface area (Å²) in [7, 11) is 0. The number of nitrogens with one attached hydrogen (secondary N) is 1. The molecule has 2 aliphatic rings. The molecule has 2 aliphatic heterocycles.